The molecule has 16 heavy (non-hydrogen) atoms. The lowest BCUT2D eigenvalue weighted by Gasteiger charge is -2.13. The summed E-state index contributed by atoms with van der Waals surface area (Å²) in [6.45, 7) is 6.44. The number of carbonyl (C=O) groups is 1. The SMILES string of the molecule is Cc1ncsc1CNC(=O)C1CNCC1C. The van der Waals surface area contributed by atoms with Crippen LogP contribution in [0.4, 0.5) is 0 Å². The van der Waals surface area contributed by atoms with Crippen LogP contribution < -0.4 is 10.6 Å². The fraction of sp³-hybridized carbons (Fsp3) is 0.636. The highest BCUT2D eigenvalue weighted by Gasteiger charge is 2.29. The van der Waals surface area contributed by atoms with E-state index in [1.807, 2.05) is 12.4 Å². The van der Waals surface area contributed by atoms with E-state index in [1.165, 1.54) is 0 Å². The molecule has 1 aromatic rings. The second kappa shape index (κ2) is 4.93. The van der Waals surface area contributed by atoms with Gasteiger partial charge in [-0.25, -0.2) is 4.98 Å². The first-order chi connectivity index (χ1) is 7.68. The number of hydrogen-bond acceptors (Lipinski definition) is 4. The third-order valence-electron chi connectivity index (χ3n) is 3.12. The van der Waals surface area contributed by atoms with Crippen molar-refractivity contribution in [1.29, 1.82) is 0 Å². The lowest BCUT2D eigenvalue weighted by atomic mass is 9.97. The Morgan fingerprint density at radius 2 is 2.50 bits per heavy atom. The van der Waals surface area contributed by atoms with E-state index < -0.39 is 0 Å². The lowest BCUT2D eigenvalue weighted by Crippen LogP contribution is -2.33. The number of hydrogen-bond donors (Lipinski definition) is 2. The van der Waals surface area contributed by atoms with E-state index in [0.717, 1.165) is 23.7 Å². The van der Waals surface area contributed by atoms with Crippen molar-refractivity contribution in [1.82, 2.24) is 15.6 Å². The largest absolute Gasteiger partial charge is 0.351 e. The molecule has 1 amide bonds. The van der Waals surface area contributed by atoms with Gasteiger partial charge in [0.05, 0.1) is 23.7 Å². The Labute approximate surface area is 99.5 Å². The Balaban J connectivity index is 1.86. The van der Waals surface area contributed by atoms with Crippen LogP contribution in [0.15, 0.2) is 5.51 Å². The van der Waals surface area contributed by atoms with E-state index in [-0.39, 0.29) is 11.8 Å². The molecule has 2 N–H and O–H groups in total. The van der Waals surface area contributed by atoms with E-state index in [2.05, 4.69) is 22.5 Å². The van der Waals surface area contributed by atoms with Crippen LogP contribution in [-0.4, -0.2) is 24.0 Å². The van der Waals surface area contributed by atoms with Crippen LogP contribution in [0.2, 0.25) is 0 Å². The molecule has 2 rings (SSSR count). The first-order valence-electron chi connectivity index (χ1n) is 5.56. The van der Waals surface area contributed by atoms with Crippen molar-refractivity contribution in [2.45, 2.75) is 20.4 Å². The van der Waals surface area contributed by atoms with Gasteiger partial charge in [-0.05, 0) is 19.4 Å². The minimum Gasteiger partial charge on any atom is -0.351 e. The van der Waals surface area contributed by atoms with Crippen LogP contribution >= 0.6 is 11.3 Å². The minimum atomic E-state index is 0.119. The van der Waals surface area contributed by atoms with Crippen LogP contribution in [0.3, 0.4) is 0 Å². The van der Waals surface area contributed by atoms with Crippen LogP contribution in [0.25, 0.3) is 0 Å². The highest BCUT2D eigenvalue weighted by molar-refractivity contribution is 7.09. The van der Waals surface area contributed by atoms with Crippen molar-refractivity contribution in [2.24, 2.45) is 11.8 Å². The zero-order chi connectivity index (χ0) is 11.5. The zero-order valence-corrected chi connectivity index (χ0v) is 10.4. The number of thiazole rings is 1. The summed E-state index contributed by atoms with van der Waals surface area (Å²) in [5.74, 6) is 0.709. The third-order valence-corrected chi connectivity index (χ3v) is 4.06. The van der Waals surface area contributed by atoms with Crippen molar-refractivity contribution < 1.29 is 4.79 Å². The van der Waals surface area contributed by atoms with E-state index in [9.17, 15) is 4.79 Å². The van der Waals surface area contributed by atoms with Crippen molar-refractivity contribution in [3.63, 3.8) is 0 Å². The topological polar surface area (TPSA) is 54.0 Å². The molecular formula is C11H17N3OS. The van der Waals surface area contributed by atoms with Crippen LogP contribution in [0, 0.1) is 18.8 Å². The number of rotatable bonds is 3. The monoisotopic (exact) mass is 239 g/mol. The summed E-state index contributed by atoms with van der Waals surface area (Å²) in [7, 11) is 0. The summed E-state index contributed by atoms with van der Waals surface area (Å²) in [5.41, 5.74) is 2.83. The molecule has 0 saturated carbocycles. The average molecular weight is 239 g/mol. The van der Waals surface area contributed by atoms with Gasteiger partial charge < -0.3 is 10.6 Å². The summed E-state index contributed by atoms with van der Waals surface area (Å²) in [5, 5.41) is 6.23. The molecule has 1 saturated heterocycles. The Morgan fingerprint density at radius 1 is 1.69 bits per heavy atom. The van der Waals surface area contributed by atoms with Gasteiger partial charge in [0.1, 0.15) is 0 Å². The first kappa shape index (κ1) is 11.5. The summed E-state index contributed by atoms with van der Waals surface area (Å²) in [6.07, 6.45) is 0. The van der Waals surface area contributed by atoms with Crippen molar-refractivity contribution >= 4 is 17.2 Å². The van der Waals surface area contributed by atoms with Gasteiger partial charge in [-0.3, -0.25) is 4.79 Å². The van der Waals surface area contributed by atoms with Gasteiger partial charge in [-0.1, -0.05) is 6.92 Å². The number of nitrogens with one attached hydrogen (secondary N) is 2. The van der Waals surface area contributed by atoms with Gasteiger partial charge in [-0.2, -0.15) is 0 Å². The van der Waals surface area contributed by atoms with E-state index >= 15 is 0 Å². The lowest BCUT2D eigenvalue weighted by molar-refractivity contribution is -0.125. The van der Waals surface area contributed by atoms with E-state index in [4.69, 9.17) is 0 Å². The maximum absolute atomic E-state index is 11.9. The van der Waals surface area contributed by atoms with Crippen LogP contribution in [0.1, 0.15) is 17.5 Å². The number of aryl methyl sites for hydroxylation is 1. The molecule has 2 atom stereocenters. The summed E-state index contributed by atoms with van der Waals surface area (Å²) in [4.78, 5) is 17.2. The van der Waals surface area contributed by atoms with Gasteiger partial charge in [0.2, 0.25) is 5.91 Å². The highest BCUT2D eigenvalue weighted by Crippen LogP contribution is 2.17. The molecule has 0 aromatic carbocycles. The Kier molecular flexibility index (Phi) is 3.56. The molecule has 1 aromatic heterocycles. The molecule has 0 spiro atoms. The molecule has 1 fully saturated rings. The maximum atomic E-state index is 11.9. The Bertz CT molecular complexity index is 377. The summed E-state index contributed by atoms with van der Waals surface area (Å²) < 4.78 is 0. The molecule has 2 heterocycles. The summed E-state index contributed by atoms with van der Waals surface area (Å²) in [6, 6.07) is 0. The number of carbonyl (C=O) groups excluding carboxylic acids is 1. The predicted molar refractivity (Wildman–Crippen MR) is 64.2 cm³/mol. The third kappa shape index (κ3) is 2.41. The second-order valence-corrected chi connectivity index (χ2v) is 5.26. The minimum absolute atomic E-state index is 0.119. The fourth-order valence-electron chi connectivity index (χ4n) is 1.96. The van der Waals surface area contributed by atoms with E-state index in [1.54, 1.807) is 11.3 Å². The number of aromatic nitrogens is 1. The van der Waals surface area contributed by atoms with Crippen molar-refractivity contribution in [3.8, 4) is 0 Å². The molecule has 1 aliphatic rings. The molecular weight excluding hydrogens is 222 g/mol. The Morgan fingerprint density at radius 3 is 3.06 bits per heavy atom. The smallest absolute Gasteiger partial charge is 0.225 e. The van der Waals surface area contributed by atoms with Gasteiger partial charge in [0.15, 0.2) is 0 Å². The molecule has 1 aliphatic heterocycles. The van der Waals surface area contributed by atoms with Gasteiger partial charge in [0, 0.05) is 11.4 Å². The first-order valence-corrected chi connectivity index (χ1v) is 6.44. The standard InChI is InChI=1S/C11H17N3OS/c1-7-3-12-4-9(7)11(15)13-5-10-8(2)14-6-16-10/h6-7,9,12H,3-5H2,1-2H3,(H,13,15). The van der Waals surface area contributed by atoms with E-state index in [0.29, 0.717) is 12.5 Å². The Hall–Kier alpha value is -0.940. The summed E-state index contributed by atoms with van der Waals surface area (Å²) >= 11 is 1.59. The molecule has 88 valence electrons. The quantitative estimate of drug-likeness (QED) is 0.825. The fourth-order valence-corrected chi connectivity index (χ4v) is 2.67. The van der Waals surface area contributed by atoms with Crippen molar-refractivity contribution in [3.05, 3.63) is 16.1 Å². The van der Waals surface area contributed by atoms with Crippen molar-refractivity contribution in [2.75, 3.05) is 13.1 Å². The van der Waals surface area contributed by atoms with Crippen LogP contribution in [-0.2, 0) is 11.3 Å². The molecule has 5 heteroatoms. The predicted octanol–water partition coefficient (Wildman–Crippen LogP) is 0.923. The van der Waals surface area contributed by atoms with Gasteiger partial charge in [0.25, 0.3) is 0 Å². The number of amides is 1. The normalized spacial score (nSPS) is 24.6. The van der Waals surface area contributed by atoms with Gasteiger partial charge >= 0.3 is 0 Å². The molecule has 2 unspecified atom stereocenters. The molecule has 0 aliphatic carbocycles. The maximum Gasteiger partial charge on any atom is 0.225 e. The van der Waals surface area contributed by atoms with Crippen LogP contribution in [0.5, 0.6) is 0 Å². The number of nitrogens with zero attached hydrogens (tertiary/aromatic N) is 1. The molecule has 0 bridgehead atoms. The zero-order valence-electron chi connectivity index (χ0n) is 9.62. The van der Waals surface area contributed by atoms with Gasteiger partial charge in [-0.15, -0.1) is 11.3 Å². The average Bonchev–Trinajstić information content (AvgIpc) is 2.84. The second-order valence-electron chi connectivity index (χ2n) is 4.32. The highest BCUT2D eigenvalue weighted by atomic mass is 32.1. The molecule has 0 radical (unpaired) electrons. The molecule has 4 nitrogen and oxygen atoms in total.